The second-order valence-electron chi connectivity index (χ2n) is 11.8. The Morgan fingerprint density at radius 1 is 1.05 bits per heavy atom. The molecule has 3 aliphatic heterocycles. The molecule has 2 unspecified atom stereocenters. The van der Waals surface area contributed by atoms with Crippen molar-refractivity contribution in [1.82, 2.24) is 19.1 Å². The summed E-state index contributed by atoms with van der Waals surface area (Å²) < 4.78 is 28.1. The maximum atomic E-state index is 13.7. The van der Waals surface area contributed by atoms with Gasteiger partial charge in [0, 0.05) is 68.6 Å². The van der Waals surface area contributed by atoms with Crippen LogP contribution in [-0.2, 0) is 14.8 Å². The number of aryl methyl sites for hydroxylation is 2. The van der Waals surface area contributed by atoms with Crippen molar-refractivity contribution in [2.45, 2.75) is 44.9 Å². The normalized spacial score (nSPS) is 22.2. The first-order valence-electron chi connectivity index (χ1n) is 14.5. The molecular formula is C30H40ClN5O4S. The molecule has 0 spiro atoms. The lowest BCUT2D eigenvalue weighted by Gasteiger charge is -2.35. The Morgan fingerprint density at radius 3 is 2.34 bits per heavy atom. The lowest BCUT2D eigenvalue weighted by atomic mass is 9.93. The smallest absolute Gasteiger partial charge is 0.324 e. The average molecular weight is 602 g/mol. The number of pyridine rings is 1. The van der Waals surface area contributed by atoms with Crippen LogP contribution in [0, 0.1) is 31.6 Å². The molecule has 3 fully saturated rings. The third-order valence-electron chi connectivity index (χ3n) is 9.00. The first-order valence-corrected chi connectivity index (χ1v) is 16.3. The topological polar surface area (TPSA) is 94.1 Å². The van der Waals surface area contributed by atoms with E-state index in [0.717, 1.165) is 37.3 Å². The van der Waals surface area contributed by atoms with Crippen LogP contribution in [0.4, 0.5) is 10.5 Å². The molecule has 3 aliphatic rings. The molecule has 41 heavy (non-hydrogen) atoms. The number of anilines is 1. The molecule has 0 saturated carbocycles. The van der Waals surface area contributed by atoms with Gasteiger partial charge in [0.2, 0.25) is 10.0 Å². The van der Waals surface area contributed by atoms with Gasteiger partial charge in [0.1, 0.15) is 10.7 Å². The van der Waals surface area contributed by atoms with Crippen LogP contribution in [0.2, 0.25) is 5.02 Å². The first kappa shape index (κ1) is 29.9. The molecule has 5 rings (SSSR count). The van der Waals surface area contributed by atoms with Crippen molar-refractivity contribution in [2.24, 2.45) is 17.8 Å². The molecule has 2 amide bonds. The predicted octanol–water partition coefficient (Wildman–Crippen LogP) is 4.22. The molecule has 4 heterocycles. The van der Waals surface area contributed by atoms with Crippen LogP contribution in [0.5, 0.6) is 0 Å². The number of amides is 2. The number of Topliss-reactive ketones (excluding diaryl/α,β-unsaturated/α-hetero) is 1. The van der Waals surface area contributed by atoms with E-state index in [1.807, 2.05) is 34.9 Å². The predicted molar refractivity (Wildman–Crippen MR) is 160 cm³/mol. The average Bonchev–Trinajstić information content (AvgIpc) is 3.52. The number of piperidine rings is 1. The zero-order chi connectivity index (χ0) is 29.3. The van der Waals surface area contributed by atoms with Gasteiger partial charge in [-0.3, -0.25) is 14.7 Å². The van der Waals surface area contributed by atoms with Crippen LogP contribution in [0.3, 0.4) is 0 Å². The molecule has 222 valence electrons. The van der Waals surface area contributed by atoms with Gasteiger partial charge in [-0.1, -0.05) is 17.7 Å². The minimum Gasteiger partial charge on any atom is -0.324 e. The summed E-state index contributed by atoms with van der Waals surface area (Å²) in [7, 11) is -3.55. The fraction of sp³-hybridized carbons (Fsp3) is 0.567. The van der Waals surface area contributed by atoms with E-state index in [1.54, 1.807) is 36.5 Å². The zero-order valence-electron chi connectivity index (χ0n) is 24.1. The maximum absolute atomic E-state index is 13.7. The standard InChI is InChI=1S/C30H40ClN5O4S/c1-21-7-8-27(16-28(21)31)36(30(38)34-14-9-24(10-15-34)23(3)37)13-5-12-33-17-25-19-35(20-26(25)18-33)41(39,40)29-6-4-11-32-22(29)2/h4,6-8,11,16,24-26H,5,9-10,12-15,17-20H2,1-3H3. The van der Waals surface area contributed by atoms with Crippen molar-refractivity contribution in [3.63, 3.8) is 0 Å². The van der Waals surface area contributed by atoms with Gasteiger partial charge in [-0.2, -0.15) is 4.31 Å². The molecule has 0 radical (unpaired) electrons. The highest BCUT2D eigenvalue weighted by Gasteiger charge is 2.44. The molecule has 3 saturated heterocycles. The van der Waals surface area contributed by atoms with Gasteiger partial charge in [0.05, 0.1) is 5.69 Å². The van der Waals surface area contributed by atoms with Gasteiger partial charge in [0.25, 0.3) is 0 Å². The third-order valence-corrected chi connectivity index (χ3v) is 11.4. The van der Waals surface area contributed by atoms with E-state index in [-0.39, 0.29) is 17.7 Å². The number of halogens is 1. The number of rotatable bonds is 8. The highest BCUT2D eigenvalue weighted by Crippen LogP contribution is 2.35. The summed E-state index contributed by atoms with van der Waals surface area (Å²) in [6.45, 7) is 10.6. The van der Waals surface area contributed by atoms with Crippen molar-refractivity contribution < 1.29 is 18.0 Å². The Bertz CT molecular complexity index is 1380. The van der Waals surface area contributed by atoms with Crippen molar-refractivity contribution in [2.75, 3.05) is 57.3 Å². The summed E-state index contributed by atoms with van der Waals surface area (Å²) in [5, 5.41) is 0.629. The number of carbonyl (C=O) groups excluding carboxylic acids is 2. The van der Waals surface area contributed by atoms with Crippen LogP contribution in [0.15, 0.2) is 41.4 Å². The summed E-state index contributed by atoms with van der Waals surface area (Å²) in [5.41, 5.74) is 2.27. The van der Waals surface area contributed by atoms with Crippen LogP contribution < -0.4 is 4.90 Å². The van der Waals surface area contributed by atoms with E-state index in [4.69, 9.17) is 11.6 Å². The second-order valence-corrected chi connectivity index (χ2v) is 14.1. The monoisotopic (exact) mass is 601 g/mol. The molecule has 0 N–H and O–H groups in total. The Hall–Kier alpha value is -2.53. The van der Waals surface area contributed by atoms with E-state index in [1.165, 1.54) is 0 Å². The van der Waals surface area contributed by atoms with E-state index in [9.17, 15) is 18.0 Å². The fourth-order valence-corrected chi connectivity index (χ4v) is 8.40. The summed E-state index contributed by atoms with van der Waals surface area (Å²) in [4.78, 5) is 36.0. The highest BCUT2D eigenvalue weighted by molar-refractivity contribution is 7.89. The second kappa shape index (κ2) is 12.4. The molecule has 2 atom stereocenters. The number of carbonyl (C=O) groups is 2. The van der Waals surface area contributed by atoms with E-state index in [2.05, 4.69) is 9.88 Å². The zero-order valence-corrected chi connectivity index (χ0v) is 25.7. The Labute approximate surface area is 248 Å². The van der Waals surface area contributed by atoms with Crippen LogP contribution in [0.25, 0.3) is 0 Å². The van der Waals surface area contributed by atoms with Gasteiger partial charge >= 0.3 is 6.03 Å². The summed E-state index contributed by atoms with van der Waals surface area (Å²) in [5.74, 6) is 0.841. The molecular weight excluding hydrogens is 562 g/mol. The minimum atomic E-state index is -3.55. The Kier molecular flexibility index (Phi) is 9.04. The summed E-state index contributed by atoms with van der Waals surface area (Å²) in [6, 6.07) is 9.01. The van der Waals surface area contributed by atoms with Crippen molar-refractivity contribution >= 4 is 39.1 Å². The number of hydrogen-bond acceptors (Lipinski definition) is 6. The Balaban J connectivity index is 1.18. The largest absolute Gasteiger partial charge is 0.324 e. The Morgan fingerprint density at radius 2 is 1.73 bits per heavy atom. The SMILES string of the molecule is CC(=O)C1CCN(C(=O)N(CCCN2CC3CN(S(=O)(=O)c4cccnc4C)CC3C2)c2ccc(C)c(Cl)c2)CC1. The third kappa shape index (κ3) is 6.45. The van der Waals surface area contributed by atoms with Gasteiger partial charge in [0.15, 0.2) is 0 Å². The number of nitrogens with zero attached hydrogens (tertiary/aromatic N) is 5. The van der Waals surface area contributed by atoms with Crippen molar-refractivity contribution in [3.05, 3.63) is 52.8 Å². The fourth-order valence-electron chi connectivity index (χ4n) is 6.49. The van der Waals surface area contributed by atoms with Gasteiger partial charge in [-0.15, -0.1) is 0 Å². The lowest BCUT2D eigenvalue weighted by molar-refractivity contribution is -0.121. The maximum Gasteiger partial charge on any atom is 0.324 e. The number of fused-ring (bicyclic) bond motifs is 1. The van der Waals surface area contributed by atoms with E-state index < -0.39 is 10.0 Å². The quantitative estimate of drug-likeness (QED) is 0.450. The van der Waals surface area contributed by atoms with Gasteiger partial charge in [-0.05, 0) is 88.2 Å². The van der Waals surface area contributed by atoms with Crippen LogP contribution >= 0.6 is 11.6 Å². The first-order chi connectivity index (χ1) is 19.5. The number of sulfonamides is 1. The molecule has 0 aliphatic carbocycles. The molecule has 2 aromatic rings. The molecule has 1 aromatic carbocycles. The van der Waals surface area contributed by atoms with Crippen molar-refractivity contribution in [1.29, 1.82) is 0 Å². The van der Waals surface area contributed by atoms with E-state index >= 15 is 0 Å². The van der Waals surface area contributed by atoms with Crippen LogP contribution in [0.1, 0.15) is 37.4 Å². The number of urea groups is 1. The minimum absolute atomic E-state index is 0.0373. The number of aromatic nitrogens is 1. The van der Waals surface area contributed by atoms with Crippen LogP contribution in [-0.4, -0.2) is 91.7 Å². The van der Waals surface area contributed by atoms with Gasteiger partial charge in [-0.25, -0.2) is 13.2 Å². The molecule has 11 heteroatoms. The lowest BCUT2D eigenvalue weighted by Crippen LogP contribution is -2.48. The summed E-state index contributed by atoms with van der Waals surface area (Å²) in [6.07, 6.45) is 3.81. The number of ketones is 1. The van der Waals surface area contributed by atoms with Gasteiger partial charge < -0.3 is 9.80 Å². The molecule has 0 bridgehead atoms. The molecule has 9 nitrogen and oxygen atoms in total. The number of benzene rings is 1. The number of hydrogen-bond donors (Lipinski definition) is 0. The highest BCUT2D eigenvalue weighted by atomic mass is 35.5. The van der Waals surface area contributed by atoms with Crippen molar-refractivity contribution in [3.8, 4) is 0 Å². The molecule has 1 aromatic heterocycles. The number of likely N-dealkylation sites (tertiary alicyclic amines) is 2. The van der Waals surface area contributed by atoms with E-state index in [0.29, 0.717) is 73.0 Å². The summed E-state index contributed by atoms with van der Waals surface area (Å²) >= 11 is 6.44.